The van der Waals surface area contributed by atoms with Crippen molar-refractivity contribution in [2.75, 3.05) is 12.9 Å². The van der Waals surface area contributed by atoms with Gasteiger partial charge >= 0.3 is 0 Å². The second-order valence-corrected chi connectivity index (χ2v) is 6.71. The molecule has 0 saturated carbocycles. The van der Waals surface area contributed by atoms with Crippen molar-refractivity contribution in [2.45, 2.75) is 37.2 Å². The number of hydrogen-bond acceptors (Lipinski definition) is 3. The largest absolute Gasteiger partial charge is 0.379 e. The van der Waals surface area contributed by atoms with Crippen molar-refractivity contribution in [2.24, 2.45) is 0 Å². The molecule has 4 heteroatoms. The van der Waals surface area contributed by atoms with E-state index >= 15 is 0 Å². The normalized spacial score (nSPS) is 11.6. The molecule has 1 aromatic rings. The fourth-order valence-corrected chi connectivity index (χ4v) is 2.37. The zero-order valence-corrected chi connectivity index (χ0v) is 13.4. The molecule has 2 nitrogen and oxygen atoms in total. The molecule has 0 aromatic heterocycles. The molecule has 0 amide bonds. The van der Waals surface area contributed by atoms with E-state index in [4.69, 9.17) is 4.74 Å². The summed E-state index contributed by atoms with van der Waals surface area (Å²) < 4.78 is 6.36. The van der Waals surface area contributed by atoms with Gasteiger partial charge in [-0.1, -0.05) is 15.9 Å². The van der Waals surface area contributed by atoms with Crippen LogP contribution < -0.4 is 0 Å². The maximum Gasteiger partial charge on any atom is 0.143 e. The van der Waals surface area contributed by atoms with Gasteiger partial charge in [-0.15, -0.1) is 11.8 Å². The second-order valence-electron chi connectivity index (χ2n) is 4.75. The third-order valence-electron chi connectivity index (χ3n) is 2.77. The summed E-state index contributed by atoms with van der Waals surface area (Å²) >= 11 is 4.97. The summed E-state index contributed by atoms with van der Waals surface area (Å²) in [6.07, 6.45) is 1.34. The first-order valence-corrected chi connectivity index (χ1v) is 7.66. The molecule has 0 radical (unpaired) electrons. The first kappa shape index (κ1) is 15.7. The molecule has 100 valence electrons. The lowest BCUT2D eigenvalue weighted by atomic mass is 10.0. The Kier molecular flexibility index (Phi) is 6.39. The number of benzene rings is 1. The van der Waals surface area contributed by atoms with E-state index in [0.29, 0.717) is 12.2 Å². The quantitative estimate of drug-likeness (QED) is 0.696. The first-order chi connectivity index (χ1) is 8.43. The maximum atomic E-state index is 11.8. The van der Waals surface area contributed by atoms with E-state index in [1.807, 2.05) is 38.1 Å². The zero-order chi connectivity index (χ0) is 13.6. The summed E-state index contributed by atoms with van der Waals surface area (Å²) in [4.78, 5) is 12.9. The predicted octanol–water partition coefficient (Wildman–Crippen LogP) is 4.32. The van der Waals surface area contributed by atoms with Crippen molar-refractivity contribution in [1.82, 2.24) is 0 Å². The van der Waals surface area contributed by atoms with Gasteiger partial charge in [0.2, 0.25) is 0 Å². The molecule has 1 aromatic carbocycles. The summed E-state index contributed by atoms with van der Waals surface area (Å²) in [5.74, 6) is 0.801. The van der Waals surface area contributed by atoms with Crippen molar-refractivity contribution in [1.29, 1.82) is 0 Å². The van der Waals surface area contributed by atoms with Crippen molar-refractivity contribution in [3.05, 3.63) is 28.7 Å². The molecular formula is C14H19BrO2S. The van der Waals surface area contributed by atoms with E-state index < -0.39 is 0 Å². The van der Waals surface area contributed by atoms with Crippen molar-refractivity contribution >= 4 is 33.5 Å². The highest BCUT2D eigenvalue weighted by molar-refractivity contribution is 9.10. The molecule has 0 bridgehead atoms. The minimum Gasteiger partial charge on any atom is -0.379 e. The Morgan fingerprint density at radius 1 is 1.33 bits per heavy atom. The number of thioether (sulfide) groups is 1. The molecule has 1 rings (SSSR count). The Labute approximate surface area is 122 Å². The summed E-state index contributed by atoms with van der Waals surface area (Å²) in [6, 6.07) is 8.00. The Bertz CT molecular complexity index is 387. The number of carbonyl (C=O) groups is 1. The summed E-state index contributed by atoms with van der Waals surface area (Å²) in [5, 5.41) is 0. The van der Waals surface area contributed by atoms with Gasteiger partial charge in [-0.05, 0) is 44.5 Å². The van der Waals surface area contributed by atoms with Crippen LogP contribution in [0.3, 0.4) is 0 Å². The van der Waals surface area contributed by atoms with Gasteiger partial charge < -0.3 is 4.74 Å². The molecule has 0 heterocycles. The van der Waals surface area contributed by atoms with Crippen LogP contribution in [0, 0.1) is 0 Å². The molecule has 0 aliphatic heterocycles. The van der Waals surface area contributed by atoms with Crippen LogP contribution in [0.5, 0.6) is 0 Å². The summed E-state index contributed by atoms with van der Waals surface area (Å²) in [7, 11) is 1.68. The first-order valence-electron chi connectivity index (χ1n) is 5.88. The van der Waals surface area contributed by atoms with Crippen LogP contribution in [-0.2, 0) is 9.53 Å². The minimum atomic E-state index is -0.210. The van der Waals surface area contributed by atoms with Gasteiger partial charge in [0.1, 0.15) is 5.78 Å². The molecule has 0 atom stereocenters. The lowest BCUT2D eigenvalue weighted by Gasteiger charge is -2.22. The molecule has 0 N–H and O–H groups in total. The van der Waals surface area contributed by atoms with Crippen molar-refractivity contribution < 1.29 is 9.53 Å². The van der Waals surface area contributed by atoms with E-state index in [0.717, 1.165) is 15.8 Å². The topological polar surface area (TPSA) is 26.3 Å². The van der Waals surface area contributed by atoms with Gasteiger partial charge in [0.15, 0.2) is 0 Å². The smallest absolute Gasteiger partial charge is 0.143 e. The SMILES string of the molecule is COC(C)(C)CCC(=O)CSc1ccc(Br)cc1. The van der Waals surface area contributed by atoms with E-state index in [-0.39, 0.29) is 11.4 Å². The standard InChI is InChI=1S/C14H19BrO2S/c1-14(2,17-3)9-8-12(16)10-18-13-6-4-11(15)5-7-13/h4-7H,8-10H2,1-3H3. The summed E-state index contributed by atoms with van der Waals surface area (Å²) in [5.41, 5.74) is -0.210. The van der Waals surface area contributed by atoms with Crippen molar-refractivity contribution in [3.8, 4) is 0 Å². The molecule has 0 fully saturated rings. The van der Waals surface area contributed by atoms with E-state index in [1.165, 1.54) is 0 Å². The number of methoxy groups -OCH3 is 1. The maximum absolute atomic E-state index is 11.8. The second kappa shape index (κ2) is 7.31. The van der Waals surface area contributed by atoms with Gasteiger partial charge in [-0.25, -0.2) is 0 Å². The van der Waals surface area contributed by atoms with Crippen molar-refractivity contribution in [3.63, 3.8) is 0 Å². The van der Waals surface area contributed by atoms with E-state index in [1.54, 1.807) is 18.9 Å². The van der Waals surface area contributed by atoms with Crippen LogP contribution in [0.2, 0.25) is 0 Å². The lowest BCUT2D eigenvalue weighted by molar-refractivity contribution is -0.118. The van der Waals surface area contributed by atoms with Gasteiger partial charge in [-0.3, -0.25) is 4.79 Å². The van der Waals surface area contributed by atoms with Gasteiger partial charge in [0, 0.05) is 22.9 Å². The number of ketones is 1. The Balaban J connectivity index is 2.31. The van der Waals surface area contributed by atoms with Crippen LogP contribution in [0.15, 0.2) is 33.6 Å². The predicted molar refractivity (Wildman–Crippen MR) is 80.2 cm³/mol. The highest BCUT2D eigenvalue weighted by Gasteiger charge is 2.17. The third kappa shape index (κ3) is 6.03. The fraction of sp³-hybridized carbons (Fsp3) is 0.500. The van der Waals surface area contributed by atoms with E-state index in [2.05, 4.69) is 15.9 Å². The van der Waals surface area contributed by atoms with E-state index in [9.17, 15) is 4.79 Å². The average molecular weight is 331 g/mol. The monoisotopic (exact) mass is 330 g/mol. The van der Waals surface area contributed by atoms with Gasteiger partial charge in [0.25, 0.3) is 0 Å². The van der Waals surface area contributed by atoms with Crippen LogP contribution in [0.1, 0.15) is 26.7 Å². The number of hydrogen-bond donors (Lipinski definition) is 0. The molecule has 0 saturated heterocycles. The molecule has 0 aliphatic carbocycles. The molecular weight excluding hydrogens is 312 g/mol. The molecule has 0 unspecified atom stereocenters. The zero-order valence-electron chi connectivity index (χ0n) is 11.0. The highest BCUT2D eigenvalue weighted by Crippen LogP contribution is 2.22. The number of Topliss-reactive ketones (excluding diaryl/α,β-unsaturated/α-hetero) is 1. The number of ether oxygens (including phenoxy) is 1. The fourth-order valence-electron chi connectivity index (χ4n) is 1.31. The van der Waals surface area contributed by atoms with Crippen LogP contribution >= 0.6 is 27.7 Å². The van der Waals surface area contributed by atoms with Crippen LogP contribution in [0.25, 0.3) is 0 Å². The average Bonchev–Trinajstić information content (AvgIpc) is 2.36. The lowest BCUT2D eigenvalue weighted by Crippen LogP contribution is -2.23. The van der Waals surface area contributed by atoms with Gasteiger partial charge in [-0.2, -0.15) is 0 Å². The minimum absolute atomic E-state index is 0.210. The Morgan fingerprint density at radius 3 is 2.50 bits per heavy atom. The molecule has 0 spiro atoms. The number of halogens is 1. The van der Waals surface area contributed by atoms with Crippen LogP contribution in [-0.4, -0.2) is 24.2 Å². The molecule has 18 heavy (non-hydrogen) atoms. The number of rotatable bonds is 7. The van der Waals surface area contributed by atoms with Crippen LogP contribution in [0.4, 0.5) is 0 Å². The highest BCUT2D eigenvalue weighted by atomic mass is 79.9. The Hall–Kier alpha value is -0.320. The summed E-state index contributed by atoms with van der Waals surface area (Å²) in [6.45, 7) is 4.00. The third-order valence-corrected chi connectivity index (χ3v) is 4.37. The van der Waals surface area contributed by atoms with Gasteiger partial charge in [0.05, 0.1) is 11.4 Å². The molecule has 0 aliphatic rings. The Morgan fingerprint density at radius 2 is 1.94 bits per heavy atom. The number of carbonyl (C=O) groups excluding carboxylic acids is 1.